The largest absolute Gasteiger partial charge is 0.369 e. The minimum absolute atomic E-state index is 0.0721. The SMILES string of the molecule is CCN1CCN(c2ccc(NC(=O)c3sc4nc(C5CC5)nc(C)c4c3C)cc2)CC1. The molecule has 1 N–H and O–H groups in total. The van der Waals surface area contributed by atoms with Crippen molar-refractivity contribution in [3.63, 3.8) is 0 Å². The highest BCUT2D eigenvalue weighted by molar-refractivity contribution is 7.20. The molecule has 2 aliphatic rings. The summed E-state index contributed by atoms with van der Waals surface area (Å²) >= 11 is 1.48. The Kier molecular flexibility index (Phi) is 5.40. The minimum atomic E-state index is -0.0721. The lowest BCUT2D eigenvalue weighted by Crippen LogP contribution is -2.46. The summed E-state index contributed by atoms with van der Waals surface area (Å²) < 4.78 is 0. The van der Waals surface area contributed by atoms with Crippen LogP contribution in [0.25, 0.3) is 10.2 Å². The van der Waals surface area contributed by atoms with E-state index in [4.69, 9.17) is 9.97 Å². The fraction of sp³-hybridized carbons (Fsp3) is 0.458. The number of fused-ring (bicyclic) bond motifs is 1. The molecular weight excluding hydrogens is 406 g/mol. The standard InChI is InChI=1S/C24H29N5OS/c1-4-28-11-13-29(14-12-28)19-9-7-18(8-10-19)26-23(30)21-15(2)20-16(3)25-22(17-5-6-17)27-24(20)31-21/h7-10,17H,4-6,11-14H2,1-3H3,(H,26,30). The van der Waals surface area contributed by atoms with Crippen LogP contribution in [0.3, 0.4) is 0 Å². The number of thiophene rings is 1. The first-order chi connectivity index (χ1) is 15.0. The number of aryl methyl sites for hydroxylation is 2. The van der Waals surface area contributed by atoms with Crippen molar-refractivity contribution >= 4 is 38.8 Å². The van der Waals surface area contributed by atoms with Crippen LogP contribution in [0.1, 0.15) is 52.4 Å². The molecule has 1 aromatic carbocycles. The lowest BCUT2D eigenvalue weighted by Gasteiger charge is -2.35. The van der Waals surface area contributed by atoms with Gasteiger partial charge in [0.1, 0.15) is 10.7 Å². The predicted molar refractivity (Wildman–Crippen MR) is 128 cm³/mol. The number of carbonyl (C=O) groups is 1. The second-order valence-corrected chi connectivity index (χ2v) is 9.60. The van der Waals surface area contributed by atoms with Crippen LogP contribution < -0.4 is 10.2 Å². The molecule has 1 aliphatic heterocycles. The van der Waals surface area contributed by atoms with E-state index in [1.165, 1.54) is 29.9 Å². The Labute approximate surface area is 187 Å². The normalized spacial score (nSPS) is 17.3. The molecule has 3 heterocycles. The molecule has 0 spiro atoms. The number of aromatic nitrogens is 2. The van der Waals surface area contributed by atoms with Gasteiger partial charge in [-0.1, -0.05) is 6.92 Å². The molecule has 1 saturated heterocycles. The molecule has 31 heavy (non-hydrogen) atoms. The average Bonchev–Trinajstić information content (AvgIpc) is 3.58. The number of amides is 1. The molecule has 3 aromatic rings. The van der Waals surface area contributed by atoms with Gasteiger partial charge in [-0.05, 0) is 63.1 Å². The predicted octanol–water partition coefficient (Wildman–Crippen LogP) is 4.58. The highest BCUT2D eigenvalue weighted by atomic mass is 32.1. The number of hydrogen-bond donors (Lipinski definition) is 1. The van der Waals surface area contributed by atoms with Gasteiger partial charge in [-0.25, -0.2) is 9.97 Å². The summed E-state index contributed by atoms with van der Waals surface area (Å²) in [5.41, 5.74) is 3.99. The number of carbonyl (C=O) groups excluding carboxylic acids is 1. The number of likely N-dealkylation sites (N-methyl/N-ethyl adjacent to an activating group) is 1. The maximum atomic E-state index is 13.0. The molecule has 2 fully saturated rings. The van der Waals surface area contributed by atoms with Crippen molar-refractivity contribution in [2.24, 2.45) is 0 Å². The molecule has 162 valence electrons. The molecule has 0 unspecified atom stereocenters. The molecule has 5 rings (SSSR count). The minimum Gasteiger partial charge on any atom is -0.369 e. The molecule has 1 aliphatic carbocycles. The third kappa shape index (κ3) is 4.04. The Morgan fingerprint density at radius 1 is 1.10 bits per heavy atom. The van der Waals surface area contributed by atoms with E-state index in [2.05, 4.69) is 34.2 Å². The lowest BCUT2D eigenvalue weighted by molar-refractivity contribution is 0.103. The summed E-state index contributed by atoms with van der Waals surface area (Å²) in [6.45, 7) is 11.6. The van der Waals surface area contributed by atoms with Crippen LogP contribution in [0.4, 0.5) is 11.4 Å². The van der Waals surface area contributed by atoms with E-state index in [1.54, 1.807) is 0 Å². The summed E-state index contributed by atoms with van der Waals surface area (Å²) in [4.78, 5) is 29.0. The van der Waals surface area contributed by atoms with Crippen molar-refractivity contribution in [3.05, 3.63) is 46.2 Å². The number of piperazine rings is 1. The maximum absolute atomic E-state index is 13.0. The van der Waals surface area contributed by atoms with Gasteiger partial charge in [0, 0.05) is 48.9 Å². The summed E-state index contributed by atoms with van der Waals surface area (Å²) in [5, 5.41) is 4.10. The molecule has 0 bridgehead atoms. The zero-order valence-electron chi connectivity index (χ0n) is 18.4. The number of anilines is 2. The molecule has 6 nitrogen and oxygen atoms in total. The van der Waals surface area contributed by atoms with Crippen molar-refractivity contribution in [2.75, 3.05) is 42.9 Å². The van der Waals surface area contributed by atoms with E-state index in [0.29, 0.717) is 5.92 Å². The van der Waals surface area contributed by atoms with E-state index in [-0.39, 0.29) is 5.91 Å². The second kappa shape index (κ2) is 8.20. The third-order valence-corrected chi connectivity index (χ3v) is 7.63. The number of benzene rings is 1. The Morgan fingerprint density at radius 3 is 2.45 bits per heavy atom. The van der Waals surface area contributed by atoms with E-state index < -0.39 is 0 Å². The summed E-state index contributed by atoms with van der Waals surface area (Å²) in [7, 11) is 0. The van der Waals surface area contributed by atoms with Crippen molar-refractivity contribution in [1.29, 1.82) is 0 Å². The van der Waals surface area contributed by atoms with E-state index >= 15 is 0 Å². The highest BCUT2D eigenvalue weighted by Gasteiger charge is 2.28. The average molecular weight is 436 g/mol. The van der Waals surface area contributed by atoms with Gasteiger partial charge in [0.2, 0.25) is 0 Å². The second-order valence-electron chi connectivity index (χ2n) is 8.60. The van der Waals surface area contributed by atoms with E-state index in [9.17, 15) is 4.79 Å². The van der Waals surface area contributed by atoms with E-state index in [0.717, 1.165) is 70.6 Å². The monoisotopic (exact) mass is 435 g/mol. The van der Waals surface area contributed by atoms with Crippen LogP contribution in [0, 0.1) is 13.8 Å². The van der Waals surface area contributed by atoms with Gasteiger partial charge in [0.25, 0.3) is 5.91 Å². The Balaban J connectivity index is 1.31. The molecular formula is C24H29N5OS. The van der Waals surface area contributed by atoms with Gasteiger partial charge < -0.3 is 15.1 Å². The topological polar surface area (TPSA) is 61.4 Å². The smallest absolute Gasteiger partial charge is 0.266 e. The Morgan fingerprint density at radius 2 is 1.81 bits per heavy atom. The van der Waals surface area contributed by atoms with Gasteiger partial charge in [0.05, 0.1) is 10.6 Å². The number of nitrogens with zero attached hydrogens (tertiary/aromatic N) is 4. The lowest BCUT2D eigenvalue weighted by atomic mass is 10.1. The van der Waals surface area contributed by atoms with E-state index in [1.807, 2.05) is 26.0 Å². The first-order valence-corrected chi connectivity index (χ1v) is 12.0. The van der Waals surface area contributed by atoms with Crippen molar-refractivity contribution in [3.8, 4) is 0 Å². The molecule has 0 atom stereocenters. The Hall–Kier alpha value is -2.51. The quantitative estimate of drug-likeness (QED) is 0.636. The highest BCUT2D eigenvalue weighted by Crippen LogP contribution is 2.40. The first kappa shape index (κ1) is 20.4. The third-order valence-electron chi connectivity index (χ3n) is 6.45. The number of rotatable bonds is 5. The molecule has 2 aromatic heterocycles. The summed E-state index contributed by atoms with van der Waals surface area (Å²) in [6, 6.07) is 8.20. The van der Waals surface area contributed by atoms with Crippen molar-refractivity contribution < 1.29 is 4.79 Å². The molecule has 0 radical (unpaired) electrons. The van der Waals surface area contributed by atoms with Crippen molar-refractivity contribution in [1.82, 2.24) is 14.9 Å². The van der Waals surface area contributed by atoms with Gasteiger partial charge in [0.15, 0.2) is 0 Å². The Bertz CT molecular complexity index is 1110. The number of nitrogens with one attached hydrogen (secondary N) is 1. The van der Waals surface area contributed by atoms with Gasteiger partial charge in [-0.2, -0.15) is 0 Å². The van der Waals surface area contributed by atoms with Crippen LogP contribution in [0.5, 0.6) is 0 Å². The van der Waals surface area contributed by atoms with Crippen LogP contribution in [0.15, 0.2) is 24.3 Å². The van der Waals surface area contributed by atoms with Gasteiger partial charge in [-0.15, -0.1) is 11.3 Å². The zero-order chi connectivity index (χ0) is 21.5. The summed E-state index contributed by atoms with van der Waals surface area (Å²) in [6.07, 6.45) is 2.35. The van der Waals surface area contributed by atoms with Gasteiger partial charge >= 0.3 is 0 Å². The maximum Gasteiger partial charge on any atom is 0.266 e. The molecule has 1 amide bonds. The number of hydrogen-bond acceptors (Lipinski definition) is 6. The van der Waals surface area contributed by atoms with Crippen LogP contribution in [-0.2, 0) is 0 Å². The van der Waals surface area contributed by atoms with Crippen molar-refractivity contribution in [2.45, 2.75) is 39.5 Å². The van der Waals surface area contributed by atoms with Crippen LogP contribution >= 0.6 is 11.3 Å². The fourth-order valence-electron chi connectivity index (χ4n) is 4.37. The zero-order valence-corrected chi connectivity index (χ0v) is 19.3. The first-order valence-electron chi connectivity index (χ1n) is 11.2. The summed E-state index contributed by atoms with van der Waals surface area (Å²) in [5.74, 6) is 1.37. The van der Waals surface area contributed by atoms with Crippen LogP contribution in [-0.4, -0.2) is 53.5 Å². The fourth-order valence-corrected chi connectivity index (χ4v) is 5.50. The molecule has 1 saturated carbocycles. The van der Waals surface area contributed by atoms with Crippen LogP contribution in [0.2, 0.25) is 0 Å². The van der Waals surface area contributed by atoms with Gasteiger partial charge in [-0.3, -0.25) is 4.79 Å². The molecule has 7 heteroatoms.